The maximum atomic E-state index is 12.9. The van der Waals surface area contributed by atoms with E-state index in [2.05, 4.69) is 24.3 Å². The van der Waals surface area contributed by atoms with E-state index in [9.17, 15) is 19.5 Å². The molecule has 0 aliphatic rings. The third-order valence-electron chi connectivity index (χ3n) is 5.09. The molecular weight excluding hydrogens is 448 g/mol. The molecule has 0 heterocycles. The number of carboxylic acids is 1. The summed E-state index contributed by atoms with van der Waals surface area (Å²) < 4.78 is 5.57. The zero-order chi connectivity index (χ0) is 24.1. The molecule has 0 amide bonds. The first kappa shape index (κ1) is 23.0. The van der Waals surface area contributed by atoms with Crippen LogP contribution in [0.15, 0.2) is 118 Å². The number of esters is 1. The molecule has 4 rings (SSSR count). The van der Waals surface area contributed by atoms with Crippen molar-refractivity contribution < 1.29 is 24.2 Å². The summed E-state index contributed by atoms with van der Waals surface area (Å²) >= 11 is 0. The van der Waals surface area contributed by atoms with E-state index >= 15 is 0 Å². The lowest BCUT2D eigenvalue weighted by Crippen LogP contribution is -2.15. The first-order valence-corrected chi connectivity index (χ1v) is 11.7. The lowest BCUT2D eigenvalue weighted by atomic mass is 10.0. The summed E-state index contributed by atoms with van der Waals surface area (Å²) in [5.41, 5.74) is -0.180. The topological polar surface area (TPSA) is 80.7 Å². The highest BCUT2D eigenvalue weighted by atomic mass is 32.2. The van der Waals surface area contributed by atoms with Gasteiger partial charge in [-0.15, -0.1) is 0 Å². The third kappa shape index (κ3) is 5.08. The Morgan fingerprint density at radius 2 is 1.26 bits per heavy atom. The molecule has 4 aromatic carbocycles. The van der Waals surface area contributed by atoms with Gasteiger partial charge >= 0.3 is 11.9 Å². The van der Waals surface area contributed by atoms with Crippen molar-refractivity contribution in [2.45, 2.75) is 21.6 Å². The molecule has 0 aliphatic heterocycles. The molecule has 0 spiro atoms. The number of aromatic carboxylic acids is 1. The Bertz CT molecular complexity index is 1310. The van der Waals surface area contributed by atoms with Gasteiger partial charge in [-0.2, -0.15) is 0 Å². The first-order valence-electron chi connectivity index (χ1n) is 10.5. The highest BCUT2D eigenvalue weighted by Gasteiger charge is 2.29. The Kier molecular flexibility index (Phi) is 6.90. The van der Waals surface area contributed by atoms with Crippen LogP contribution in [0.1, 0.15) is 38.0 Å². The van der Waals surface area contributed by atoms with Gasteiger partial charge in [0.15, 0.2) is 20.5 Å². The molecule has 0 aromatic heterocycles. The smallest absolute Gasteiger partial charge is 0.344 e. The lowest BCUT2D eigenvalue weighted by Gasteiger charge is -2.11. The molecule has 0 aliphatic carbocycles. The van der Waals surface area contributed by atoms with Gasteiger partial charge in [-0.1, -0.05) is 48.5 Å². The van der Waals surface area contributed by atoms with E-state index < -0.39 is 22.8 Å². The molecule has 6 heteroatoms. The fourth-order valence-electron chi connectivity index (χ4n) is 3.47. The van der Waals surface area contributed by atoms with Crippen LogP contribution in [0.5, 0.6) is 5.75 Å². The number of rotatable bonds is 7. The molecule has 168 valence electrons. The first-order chi connectivity index (χ1) is 16.4. The summed E-state index contributed by atoms with van der Waals surface area (Å²) in [6.45, 7) is 1.33. The second-order valence-electron chi connectivity index (χ2n) is 7.42. The van der Waals surface area contributed by atoms with Gasteiger partial charge in [0.25, 0.3) is 0 Å². The van der Waals surface area contributed by atoms with Gasteiger partial charge in [-0.05, 0) is 55.5 Å². The molecule has 0 unspecified atom stereocenters. The molecule has 1 N–H and O–H groups in total. The lowest BCUT2D eigenvalue weighted by molar-refractivity contribution is 0.0667. The number of carbonyl (C=O) groups excluding carboxylic acids is 2. The molecule has 0 saturated carbocycles. The summed E-state index contributed by atoms with van der Waals surface area (Å²) in [6.07, 6.45) is 0. The van der Waals surface area contributed by atoms with E-state index in [0.717, 1.165) is 14.7 Å². The van der Waals surface area contributed by atoms with Crippen LogP contribution in [-0.2, 0) is 10.9 Å². The number of carbonyl (C=O) groups is 3. The number of hydrogen-bond acceptors (Lipinski definition) is 4. The number of Topliss-reactive ketones (excluding diaryl/α,β-unsaturated/α-hetero) is 1. The van der Waals surface area contributed by atoms with Gasteiger partial charge in [-0.25, -0.2) is 9.59 Å². The number of ether oxygens (including phenoxy) is 1. The minimum atomic E-state index is -1.31. The molecule has 0 fully saturated rings. The Morgan fingerprint density at radius 3 is 1.82 bits per heavy atom. The minimum Gasteiger partial charge on any atom is -0.478 e. The van der Waals surface area contributed by atoms with Gasteiger partial charge < -0.3 is 9.84 Å². The molecule has 5 nitrogen and oxygen atoms in total. The molecule has 4 aromatic rings. The van der Waals surface area contributed by atoms with Gasteiger partial charge in [0.05, 0.1) is 22.0 Å². The Hall–Kier alpha value is -4.16. The second kappa shape index (κ2) is 10.2. The Labute approximate surface area is 200 Å². The fourth-order valence-corrected chi connectivity index (χ4v) is 5.59. The number of hydrogen-bond donors (Lipinski definition) is 1. The SMILES string of the molecule is CC(=O)c1ccc(C(=O)Oc2cccc([S+](c3ccccc3)c3ccccc3)c2)c(C(=O)O)c1. The molecule has 34 heavy (non-hydrogen) atoms. The summed E-state index contributed by atoms with van der Waals surface area (Å²) in [5.74, 6) is -2.09. The van der Waals surface area contributed by atoms with Crippen LogP contribution in [0.3, 0.4) is 0 Å². The summed E-state index contributed by atoms with van der Waals surface area (Å²) in [7, 11) is -0.427. The molecule has 0 atom stereocenters. The predicted octanol–water partition coefficient (Wildman–Crippen LogP) is 5.90. The van der Waals surface area contributed by atoms with E-state index in [-0.39, 0.29) is 22.5 Å². The highest BCUT2D eigenvalue weighted by Crippen LogP contribution is 2.33. The normalized spacial score (nSPS) is 10.6. The molecule has 0 saturated heterocycles. The van der Waals surface area contributed by atoms with Crippen LogP contribution in [0.4, 0.5) is 0 Å². The Morgan fingerprint density at radius 1 is 0.676 bits per heavy atom. The number of ketones is 1. The average molecular weight is 470 g/mol. The zero-order valence-electron chi connectivity index (χ0n) is 18.3. The van der Waals surface area contributed by atoms with Crippen molar-refractivity contribution >= 4 is 28.6 Å². The molecular formula is C28H21O5S+. The van der Waals surface area contributed by atoms with Crippen molar-refractivity contribution in [1.82, 2.24) is 0 Å². The Balaban J connectivity index is 1.68. The van der Waals surface area contributed by atoms with Crippen molar-refractivity contribution in [3.63, 3.8) is 0 Å². The monoisotopic (exact) mass is 469 g/mol. The van der Waals surface area contributed by atoms with Gasteiger partial charge in [0.2, 0.25) is 0 Å². The largest absolute Gasteiger partial charge is 0.478 e. The second-order valence-corrected chi connectivity index (χ2v) is 9.44. The maximum absolute atomic E-state index is 12.9. The van der Waals surface area contributed by atoms with Crippen molar-refractivity contribution in [2.24, 2.45) is 0 Å². The summed E-state index contributed by atoms with van der Waals surface area (Å²) in [4.78, 5) is 39.4. The van der Waals surface area contributed by atoms with E-state index in [0.29, 0.717) is 5.75 Å². The van der Waals surface area contributed by atoms with Gasteiger partial charge in [0.1, 0.15) is 5.75 Å². The summed E-state index contributed by atoms with van der Waals surface area (Å²) in [5, 5.41) is 9.54. The van der Waals surface area contributed by atoms with Crippen LogP contribution in [0, 0.1) is 0 Å². The average Bonchev–Trinajstić information content (AvgIpc) is 2.85. The van der Waals surface area contributed by atoms with E-state index in [1.807, 2.05) is 42.5 Å². The highest BCUT2D eigenvalue weighted by molar-refractivity contribution is 7.97. The number of benzene rings is 4. The van der Waals surface area contributed by atoms with Crippen molar-refractivity contribution in [3.05, 3.63) is 120 Å². The minimum absolute atomic E-state index is 0.118. The summed E-state index contributed by atoms with van der Waals surface area (Å²) in [6, 6.07) is 31.3. The maximum Gasteiger partial charge on any atom is 0.344 e. The van der Waals surface area contributed by atoms with Crippen molar-refractivity contribution in [3.8, 4) is 5.75 Å². The van der Waals surface area contributed by atoms with Crippen molar-refractivity contribution in [1.29, 1.82) is 0 Å². The molecule has 0 radical (unpaired) electrons. The zero-order valence-corrected chi connectivity index (χ0v) is 19.1. The quantitative estimate of drug-likeness (QED) is 0.158. The fraction of sp³-hybridized carbons (Fsp3) is 0.0357. The third-order valence-corrected chi connectivity index (χ3v) is 7.30. The number of carboxylic acid groups (broad SMARTS) is 1. The van der Waals surface area contributed by atoms with Crippen LogP contribution >= 0.6 is 0 Å². The standard InChI is InChI=1S/C28H20O5S/c1-19(29)20-15-16-25(26(17-20)27(30)31)28(32)33-21-9-8-14-24(18-21)34(22-10-4-2-5-11-22)23-12-6-3-7-13-23/h2-18H,1H3/p+1. The van der Waals surface area contributed by atoms with Gasteiger partial charge in [0, 0.05) is 11.6 Å². The van der Waals surface area contributed by atoms with Crippen molar-refractivity contribution in [2.75, 3.05) is 0 Å². The van der Waals surface area contributed by atoms with Crippen LogP contribution in [-0.4, -0.2) is 22.8 Å². The van der Waals surface area contributed by atoms with E-state index in [1.54, 1.807) is 18.2 Å². The van der Waals surface area contributed by atoms with Gasteiger partial charge in [-0.3, -0.25) is 4.79 Å². The predicted molar refractivity (Wildman–Crippen MR) is 130 cm³/mol. The van der Waals surface area contributed by atoms with E-state index in [1.165, 1.54) is 25.1 Å². The molecule has 0 bridgehead atoms. The van der Waals surface area contributed by atoms with Crippen LogP contribution in [0.2, 0.25) is 0 Å². The van der Waals surface area contributed by atoms with E-state index in [4.69, 9.17) is 4.74 Å². The van der Waals surface area contributed by atoms with Crippen LogP contribution in [0.25, 0.3) is 0 Å². The van der Waals surface area contributed by atoms with Crippen LogP contribution < -0.4 is 4.74 Å².